The van der Waals surface area contributed by atoms with Crippen molar-refractivity contribution in [3.05, 3.63) is 83.8 Å². The lowest BCUT2D eigenvalue weighted by molar-refractivity contribution is -0.138. The summed E-state index contributed by atoms with van der Waals surface area (Å²) in [5, 5.41) is 11.8. The number of carbonyl (C=O) groups excluding carboxylic acids is 2. The van der Waals surface area contributed by atoms with Crippen LogP contribution < -0.4 is 4.74 Å². The van der Waals surface area contributed by atoms with Crippen LogP contribution in [0.4, 0.5) is 0 Å². The number of ether oxygens (including phenoxy) is 2. The molecule has 9 nitrogen and oxygen atoms in total. The third-order valence-corrected chi connectivity index (χ3v) is 4.81. The van der Waals surface area contributed by atoms with Crippen LogP contribution in [0.5, 0.6) is 5.75 Å². The molecule has 0 spiro atoms. The molecule has 0 saturated heterocycles. The predicted octanol–water partition coefficient (Wildman–Crippen LogP) is 3.89. The van der Waals surface area contributed by atoms with Gasteiger partial charge < -0.3 is 13.9 Å². The number of ketones is 1. The molecule has 2 heterocycles. The van der Waals surface area contributed by atoms with Gasteiger partial charge in [0.25, 0.3) is 0 Å². The Hall–Kier alpha value is -4.53. The number of aromatic nitrogens is 4. The largest absolute Gasteiger partial charge is 0.496 e. The van der Waals surface area contributed by atoms with E-state index in [9.17, 15) is 9.59 Å². The van der Waals surface area contributed by atoms with E-state index in [-0.39, 0.29) is 18.1 Å². The molecule has 0 aliphatic rings. The van der Waals surface area contributed by atoms with Gasteiger partial charge in [-0.3, -0.25) is 4.79 Å². The van der Waals surface area contributed by atoms with Gasteiger partial charge in [-0.1, -0.05) is 30.3 Å². The van der Waals surface area contributed by atoms with Crippen molar-refractivity contribution in [3.63, 3.8) is 0 Å². The van der Waals surface area contributed by atoms with E-state index in [1.54, 1.807) is 30.3 Å². The number of nitrogens with zero attached hydrogens (tertiary/aromatic N) is 4. The van der Waals surface area contributed by atoms with Crippen LogP contribution in [0.3, 0.4) is 0 Å². The predicted molar refractivity (Wildman–Crippen MR) is 119 cm³/mol. The zero-order chi connectivity index (χ0) is 23.2. The first kappa shape index (κ1) is 21.7. The van der Waals surface area contributed by atoms with Gasteiger partial charge in [0.05, 0.1) is 13.4 Å². The maximum absolute atomic E-state index is 13.2. The molecule has 0 amide bonds. The summed E-state index contributed by atoms with van der Waals surface area (Å²) >= 11 is 0. The van der Waals surface area contributed by atoms with E-state index >= 15 is 0 Å². The Labute approximate surface area is 189 Å². The molecule has 0 bridgehead atoms. The summed E-state index contributed by atoms with van der Waals surface area (Å²) < 4.78 is 17.6. The Morgan fingerprint density at radius 2 is 1.91 bits per heavy atom. The number of tetrazole rings is 1. The van der Waals surface area contributed by atoms with Crippen LogP contribution in [0.2, 0.25) is 0 Å². The van der Waals surface area contributed by atoms with Gasteiger partial charge in [0, 0.05) is 22.8 Å². The maximum atomic E-state index is 13.2. The highest BCUT2D eigenvalue weighted by Crippen LogP contribution is 2.24. The number of esters is 1. The quantitative estimate of drug-likeness (QED) is 0.229. The topological polar surface area (TPSA) is 109 Å². The molecule has 0 N–H and O–H groups in total. The highest BCUT2D eigenvalue weighted by Gasteiger charge is 2.22. The summed E-state index contributed by atoms with van der Waals surface area (Å²) in [6.45, 7) is 1.34. The molecular weight excluding hydrogens is 424 g/mol. The van der Waals surface area contributed by atoms with E-state index < -0.39 is 5.97 Å². The Balaban J connectivity index is 1.67. The van der Waals surface area contributed by atoms with Crippen molar-refractivity contribution in [2.75, 3.05) is 7.11 Å². The first-order valence-corrected chi connectivity index (χ1v) is 10.0. The van der Waals surface area contributed by atoms with E-state index in [0.29, 0.717) is 28.5 Å². The number of hydrogen-bond donors (Lipinski definition) is 0. The van der Waals surface area contributed by atoms with Gasteiger partial charge in [-0.25, -0.2) is 4.79 Å². The van der Waals surface area contributed by atoms with Gasteiger partial charge in [0.2, 0.25) is 0 Å². The lowest BCUT2D eigenvalue weighted by Gasteiger charge is -2.12. The van der Waals surface area contributed by atoms with Crippen molar-refractivity contribution >= 4 is 23.5 Å². The molecule has 0 aliphatic carbocycles. The SMILES string of the molecule is COc1ccc(C(C)=O)cc1COC(=O)C(=Cc1ccco1)n1nnnc1-c1ccccc1. The van der Waals surface area contributed by atoms with Gasteiger partial charge in [0.15, 0.2) is 17.3 Å². The molecule has 0 fully saturated rings. The second-order valence-electron chi connectivity index (χ2n) is 6.98. The number of methoxy groups -OCH3 is 1. The molecule has 0 unspecified atom stereocenters. The molecule has 2 aromatic heterocycles. The lowest BCUT2D eigenvalue weighted by atomic mass is 10.1. The molecular formula is C24H20N4O5. The van der Waals surface area contributed by atoms with Gasteiger partial charge in [0.1, 0.15) is 18.1 Å². The van der Waals surface area contributed by atoms with E-state index in [4.69, 9.17) is 13.9 Å². The van der Waals surface area contributed by atoms with Gasteiger partial charge >= 0.3 is 5.97 Å². The fourth-order valence-corrected chi connectivity index (χ4v) is 3.16. The van der Waals surface area contributed by atoms with Crippen LogP contribution in [0.1, 0.15) is 28.6 Å². The second-order valence-corrected chi connectivity index (χ2v) is 6.98. The number of carbonyl (C=O) groups is 2. The average molecular weight is 444 g/mol. The summed E-state index contributed by atoms with van der Waals surface area (Å²) in [7, 11) is 1.50. The van der Waals surface area contributed by atoms with E-state index in [0.717, 1.165) is 5.56 Å². The molecule has 0 aliphatic heterocycles. The minimum absolute atomic E-state index is 0.0514. The Morgan fingerprint density at radius 1 is 1.09 bits per heavy atom. The fraction of sp³-hybridized carbons (Fsp3) is 0.125. The summed E-state index contributed by atoms with van der Waals surface area (Å²) in [6, 6.07) is 17.6. The highest BCUT2D eigenvalue weighted by atomic mass is 16.5. The number of hydrogen-bond acceptors (Lipinski definition) is 8. The molecule has 33 heavy (non-hydrogen) atoms. The number of rotatable bonds is 8. The first-order valence-electron chi connectivity index (χ1n) is 10.0. The summed E-state index contributed by atoms with van der Waals surface area (Å²) in [4.78, 5) is 24.9. The summed E-state index contributed by atoms with van der Waals surface area (Å²) in [5.74, 6) is 0.488. The van der Waals surface area contributed by atoms with Crippen LogP contribution in [-0.2, 0) is 16.1 Å². The molecule has 9 heteroatoms. The van der Waals surface area contributed by atoms with Crippen LogP contribution in [0, 0.1) is 0 Å². The maximum Gasteiger partial charge on any atom is 0.357 e. The van der Waals surface area contributed by atoms with Gasteiger partial charge in [-0.15, -0.1) is 5.10 Å². The number of benzene rings is 2. The summed E-state index contributed by atoms with van der Waals surface area (Å²) in [5.41, 5.74) is 1.81. The van der Waals surface area contributed by atoms with Crippen molar-refractivity contribution in [3.8, 4) is 17.1 Å². The molecule has 4 rings (SSSR count). The van der Waals surface area contributed by atoms with E-state index in [1.165, 1.54) is 31.1 Å². The Morgan fingerprint density at radius 3 is 2.61 bits per heavy atom. The fourth-order valence-electron chi connectivity index (χ4n) is 3.16. The van der Waals surface area contributed by atoms with Gasteiger partial charge in [-0.05, 0) is 47.7 Å². The molecule has 0 atom stereocenters. The summed E-state index contributed by atoms with van der Waals surface area (Å²) in [6.07, 6.45) is 2.99. The van der Waals surface area contributed by atoms with Crippen LogP contribution in [0.15, 0.2) is 71.3 Å². The molecule has 0 radical (unpaired) electrons. The zero-order valence-electron chi connectivity index (χ0n) is 18.0. The molecule has 0 saturated carbocycles. The minimum Gasteiger partial charge on any atom is -0.496 e. The van der Waals surface area contributed by atoms with Crippen LogP contribution in [0.25, 0.3) is 23.2 Å². The monoisotopic (exact) mass is 444 g/mol. The van der Waals surface area contributed by atoms with Crippen LogP contribution in [-0.4, -0.2) is 39.1 Å². The van der Waals surface area contributed by atoms with Crippen molar-refractivity contribution in [1.29, 1.82) is 0 Å². The molecule has 4 aromatic rings. The first-order chi connectivity index (χ1) is 16.1. The zero-order valence-corrected chi connectivity index (χ0v) is 18.0. The third kappa shape index (κ3) is 4.87. The normalized spacial score (nSPS) is 11.3. The third-order valence-electron chi connectivity index (χ3n) is 4.81. The van der Waals surface area contributed by atoms with Crippen molar-refractivity contribution < 1.29 is 23.5 Å². The minimum atomic E-state index is -0.689. The van der Waals surface area contributed by atoms with Crippen molar-refractivity contribution in [2.45, 2.75) is 13.5 Å². The Kier molecular flexibility index (Phi) is 6.40. The number of Topliss-reactive ketones (excluding diaryl/α,β-unsaturated/α-hetero) is 1. The van der Waals surface area contributed by atoms with Gasteiger partial charge in [-0.2, -0.15) is 4.68 Å². The second kappa shape index (κ2) is 9.73. The van der Waals surface area contributed by atoms with Crippen LogP contribution >= 0.6 is 0 Å². The van der Waals surface area contributed by atoms with E-state index in [1.807, 2.05) is 30.3 Å². The molecule has 2 aromatic carbocycles. The number of furan rings is 1. The standard InChI is InChI=1S/C24H20N4O5/c1-16(29)18-10-11-22(31-2)19(13-18)15-33-24(30)21(14-20-9-6-12-32-20)28-23(25-26-27-28)17-7-4-3-5-8-17/h3-14H,15H2,1-2H3. The molecule has 166 valence electrons. The average Bonchev–Trinajstić information content (AvgIpc) is 3.53. The highest BCUT2D eigenvalue weighted by molar-refractivity contribution is 6.15. The smallest absolute Gasteiger partial charge is 0.357 e. The van der Waals surface area contributed by atoms with E-state index in [2.05, 4.69) is 15.5 Å². The van der Waals surface area contributed by atoms with Crippen molar-refractivity contribution in [1.82, 2.24) is 20.2 Å². The van der Waals surface area contributed by atoms with Crippen molar-refractivity contribution in [2.24, 2.45) is 0 Å². The lowest BCUT2D eigenvalue weighted by Crippen LogP contribution is -2.15. The Bertz CT molecular complexity index is 1290.